The molecule has 27 heavy (non-hydrogen) atoms. The van der Waals surface area contributed by atoms with Crippen LogP contribution in [0.4, 0.5) is 5.69 Å². The first kappa shape index (κ1) is 18.3. The molecule has 0 bridgehead atoms. The fourth-order valence-corrected chi connectivity index (χ4v) is 3.37. The molecule has 134 valence electrons. The van der Waals surface area contributed by atoms with Crippen LogP contribution in [-0.2, 0) is 0 Å². The lowest BCUT2D eigenvalue weighted by Gasteiger charge is -2.09. The third-order valence-corrected chi connectivity index (χ3v) is 4.79. The summed E-state index contributed by atoms with van der Waals surface area (Å²) in [5.74, 6) is 0. The van der Waals surface area contributed by atoms with Gasteiger partial charge in [-0.3, -0.25) is 10.1 Å². The molecule has 0 aliphatic heterocycles. The number of benzene rings is 2. The minimum absolute atomic E-state index is 0.0137. The number of aryl methyl sites for hydroxylation is 2. The van der Waals surface area contributed by atoms with Crippen molar-refractivity contribution in [3.05, 3.63) is 75.3 Å². The van der Waals surface area contributed by atoms with Crippen molar-refractivity contribution in [3.8, 4) is 11.8 Å². The highest BCUT2D eigenvalue weighted by atomic mass is 32.2. The Kier molecular flexibility index (Phi) is 5.28. The van der Waals surface area contributed by atoms with Gasteiger partial charge < -0.3 is 0 Å². The number of hydrogen-bond donors (Lipinski definition) is 0. The molecule has 0 saturated carbocycles. The molecule has 0 aliphatic rings. The molecule has 3 aromatic rings. The lowest BCUT2D eigenvalue weighted by Crippen LogP contribution is -2.01. The quantitative estimate of drug-likeness (QED) is 0.287. The van der Waals surface area contributed by atoms with Crippen molar-refractivity contribution >= 4 is 22.4 Å². The van der Waals surface area contributed by atoms with E-state index in [1.54, 1.807) is 16.8 Å². The molecule has 0 unspecified atom stereocenters. The van der Waals surface area contributed by atoms with E-state index < -0.39 is 4.92 Å². The van der Waals surface area contributed by atoms with Gasteiger partial charge >= 0.3 is 0 Å². The topological polar surface area (TPSA) is 111 Å². The van der Waals surface area contributed by atoms with Crippen molar-refractivity contribution in [2.24, 2.45) is 0 Å². The van der Waals surface area contributed by atoms with Crippen molar-refractivity contribution in [3.63, 3.8) is 0 Å². The lowest BCUT2D eigenvalue weighted by atomic mass is 10.1. The number of hydrogen-bond acceptors (Lipinski definition) is 7. The monoisotopic (exact) mass is 378 g/mol. The Labute approximate surface area is 159 Å². The van der Waals surface area contributed by atoms with Crippen LogP contribution in [0.25, 0.3) is 10.6 Å². The summed E-state index contributed by atoms with van der Waals surface area (Å²) in [4.78, 5) is 10.9. The summed E-state index contributed by atoms with van der Waals surface area (Å²) in [6.45, 7) is 3.98. The summed E-state index contributed by atoms with van der Waals surface area (Å²) in [6.07, 6.45) is 1.37. The van der Waals surface area contributed by atoms with Crippen LogP contribution < -0.4 is 0 Å². The van der Waals surface area contributed by atoms with Gasteiger partial charge in [-0.25, -0.2) is 0 Å². The van der Waals surface area contributed by atoms with E-state index >= 15 is 0 Å². The maximum absolute atomic E-state index is 10.8. The van der Waals surface area contributed by atoms with Crippen LogP contribution in [-0.4, -0.2) is 25.1 Å². The standard InChI is InChI=1S/C18H14N6O2S/c1-12-3-8-16(13(2)11-12)23-18(20-21-22-23)27-17(9-10-19)14-4-6-15(7-5-14)24(25)26/h3-9,11H,1-2H3/b17-9-. The number of rotatable bonds is 5. The van der Waals surface area contributed by atoms with E-state index in [1.807, 2.05) is 38.1 Å². The molecular formula is C18H14N6O2S. The highest BCUT2D eigenvalue weighted by Gasteiger charge is 2.15. The first-order valence-electron chi connectivity index (χ1n) is 7.88. The average Bonchev–Trinajstić information content (AvgIpc) is 3.09. The fraction of sp³-hybridized carbons (Fsp3) is 0.111. The number of nitro groups is 1. The molecule has 0 N–H and O–H groups in total. The number of nitrogens with zero attached hydrogens (tertiary/aromatic N) is 6. The van der Waals surface area contributed by atoms with Crippen molar-refractivity contribution in [2.45, 2.75) is 19.0 Å². The summed E-state index contributed by atoms with van der Waals surface area (Å²) >= 11 is 1.22. The Bertz CT molecular complexity index is 1070. The van der Waals surface area contributed by atoms with Gasteiger partial charge in [-0.15, -0.1) is 5.10 Å². The summed E-state index contributed by atoms with van der Waals surface area (Å²) in [6, 6.07) is 13.9. The minimum Gasteiger partial charge on any atom is -0.258 e. The molecule has 0 radical (unpaired) electrons. The Hall–Kier alpha value is -3.51. The molecule has 0 aliphatic carbocycles. The summed E-state index contributed by atoms with van der Waals surface area (Å²) in [7, 11) is 0. The van der Waals surface area contributed by atoms with Crippen molar-refractivity contribution in [1.82, 2.24) is 20.2 Å². The average molecular weight is 378 g/mol. The second kappa shape index (κ2) is 7.80. The molecule has 1 aromatic heterocycles. The van der Waals surface area contributed by atoms with Gasteiger partial charge in [0.05, 0.1) is 16.7 Å². The fourth-order valence-electron chi connectivity index (χ4n) is 2.51. The number of thioether (sulfide) groups is 1. The zero-order chi connectivity index (χ0) is 19.4. The number of allylic oxidation sites excluding steroid dienone is 1. The largest absolute Gasteiger partial charge is 0.269 e. The molecule has 3 rings (SSSR count). The molecule has 0 spiro atoms. The van der Waals surface area contributed by atoms with Gasteiger partial charge in [0.2, 0.25) is 5.16 Å². The van der Waals surface area contributed by atoms with Gasteiger partial charge in [-0.2, -0.15) is 9.94 Å². The van der Waals surface area contributed by atoms with E-state index in [9.17, 15) is 10.1 Å². The van der Waals surface area contributed by atoms with Crippen LogP contribution in [0.3, 0.4) is 0 Å². The van der Waals surface area contributed by atoms with Crippen LogP contribution >= 0.6 is 11.8 Å². The molecular weight excluding hydrogens is 364 g/mol. The molecule has 0 saturated heterocycles. The second-order valence-corrected chi connectivity index (χ2v) is 6.72. The smallest absolute Gasteiger partial charge is 0.258 e. The van der Waals surface area contributed by atoms with E-state index in [1.165, 1.54) is 30.0 Å². The maximum atomic E-state index is 10.8. The van der Waals surface area contributed by atoms with Crippen LogP contribution in [0.5, 0.6) is 0 Å². The Balaban J connectivity index is 1.95. The third-order valence-electron chi connectivity index (χ3n) is 3.78. The van der Waals surface area contributed by atoms with Crippen LogP contribution in [0.2, 0.25) is 0 Å². The van der Waals surface area contributed by atoms with E-state index in [4.69, 9.17) is 5.26 Å². The zero-order valence-electron chi connectivity index (χ0n) is 14.5. The third kappa shape index (κ3) is 4.02. The Morgan fingerprint density at radius 2 is 2.00 bits per heavy atom. The van der Waals surface area contributed by atoms with Gasteiger partial charge in [-0.05, 0) is 65.4 Å². The molecule has 8 nitrogen and oxygen atoms in total. The Morgan fingerprint density at radius 3 is 2.63 bits per heavy atom. The van der Waals surface area contributed by atoms with E-state index in [-0.39, 0.29) is 5.69 Å². The number of aromatic nitrogens is 4. The highest BCUT2D eigenvalue weighted by molar-refractivity contribution is 8.08. The van der Waals surface area contributed by atoms with E-state index in [2.05, 4.69) is 15.5 Å². The van der Waals surface area contributed by atoms with Crippen molar-refractivity contribution < 1.29 is 4.92 Å². The number of non-ortho nitro benzene ring substituents is 1. The number of tetrazole rings is 1. The second-order valence-electron chi connectivity index (χ2n) is 5.71. The normalized spacial score (nSPS) is 11.2. The molecule has 0 amide bonds. The van der Waals surface area contributed by atoms with Gasteiger partial charge in [0.15, 0.2) is 0 Å². The summed E-state index contributed by atoms with van der Waals surface area (Å²) in [5.41, 5.74) is 3.65. The van der Waals surface area contributed by atoms with Crippen LogP contribution in [0.1, 0.15) is 16.7 Å². The highest BCUT2D eigenvalue weighted by Crippen LogP contribution is 2.34. The first-order valence-corrected chi connectivity index (χ1v) is 8.69. The predicted molar refractivity (Wildman–Crippen MR) is 101 cm³/mol. The van der Waals surface area contributed by atoms with Crippen LogP contribution in [0, 0.1) is 35.3 Å². The lowest BCUT2D eigenvalue weighted by molar-refractivity contribution is -0.384. The first-order chi connectivity index (χ1) is 13.0. The number of nitro benzene ring substituents is 1. The van der Waals surface area contributed by atoms with Gasteiger partial charge in [0.25, 0.3) is 5.69 Å². The van der Waals surface area contributed by atoms with E-state index in [0.717, 1.165) is 16.8 Å². The summed E-state index contributed by atoms with van der Waals surface area (Å²) < 4.78 is 1.61. The molecule has 0 fully saturated rings. The van der Waals surface area contributed by atoms with Crippen LogP contribution in [0.15, 0.2) is 53.7 Å². The molecule has 2 aromatic carbocycles. The zero-order valence-corrected chi connectivity index (χ0v) is 15.3. The number of nitriles is 1. The Morgan fingerprint density at radius 1 is 1.26 bits per heavy atom. The summed E-state index contributed by atoms with van der Waals surface area (Å²) in [5, 5.41) is 32.3. The SMILES string of the molecule is Cc1ccc(-n2nnnc2S/C(=C\C#N)c2ccc([N+](=O)[O-])cc2)c(C)c1. The maximum Gasteiger partial charge on any atom is 0.269 e. The van der Waals surface area contributed by atoms with Crippen molar-refractivity contribution in [1.29, 1.82) is 5.26 Å². The molecule has 1 heterocycles. The van der Waals surface area contributed by atoms with Gasteiger partial charge in [0, 0.05) is 23.1 Å². The van der Waals surface area contributed by atoms with Crippen molar-refractivity contribution in [2.75, 3.05) is 0 Å². The molecule has 0 atom stereocenters. The predicted octanol–water partition coefficient (Wildman–Crippen LogP) is 3.84. The molecule has 9 heteroatoms. The van der Waals surface area contributed by atoms with Gasteiger partial charge in [-0.1, -0.05) is 17.7 Å². The van der Waals surface area contributed by atoms with Gasteiger partial charge in [0.1, 0.15) is 0 Å². The van der Waals surface area contributed by atoms with E-state index in [0.29, 0.717) is 15.6 Å². The minimum atomic E-state index is -0.467.